The normalized spacial score (nSPS) is 18.1. The van der Waals surface area contributed by atoms with Crippen molar-refractivity contribution in [2.24, 2.45) is 13.0 Å². The Morgan fingerprint density at radius 3 is 3.10 bits per heavy atom. The van der Waals surface area contributed by atoms with Crippen LogP contribution in [0.5, 0.6) is 0 Å². The van der Waals surface area contributed by atoms with Gasteiger partial charge >= 0.3 is 0 Å². The number of unbranched alkanes of at least 4 members (excludes halogenated alkanes) is 2. The van der Waals surface area contributed by atoms with Crippen molar-refractivity contribution in [3.8, 4) is 0 Å². The molecule has 5 nitrogen and oxygen atoms in total. The fourth-order valence-electron chi connectivity index (χ4n) is 2.64. The van der Waals surface area contributed by atoms with Crippen LogP contribution in [0.4, 0.5) is 0 Å². The number of amides is 1. The molecule has 1 aliphatic heterocycles. The van der Waals surface area contributed by atoms with Gasteiger partial charge in [-0.25, -0.2) is 0 Å². The number of hydrogen-bond donors (Lipinski definition) is 1. The minimum Gasteiger partial charge on any atom is -0.381 e. The second kappa shape index (κ2) is 8.17. The Morgan fingerprint density at radius 2 is 2.38 bits per heavy atom. The van der Waals surface area contributed by atoms with Crippen molar-refractivity contribution in [2.45, 2.75) is 45.4 Å². The highest BCUT2D eigenvalue weighted by molar-refractivity contribution is 5.78. The van der Waals surface area contributed by atoms with Gasteiger partial charge in [0.2, 0.25) is 5.91 Å². The third kappa shape index (κ3) is 5.16. The van der Waals surface area contributed by atoms with E-state index in [1.807, 2.05) is 11.7 Å². The highest BCUT2D eigenvalue weighted by atomic mass is 16.5. The van der Waals surface area contributed by atoms with Crippen LogP contribution >= 0.6 is 0 Å². The molecule has 1 aromatic rings. The molecule has 0 radical (unpaired) electrons. The molecule has 1 amide bonds. The van der Waals surface area contributed by atoms with Crippen molar-refractivity contribution < 1.29 is 9.53 Å². The molecule has 2 heterocycles. The molecule has 2 rings (SSSR count). The molecule has 1 aliphatic rings. The van der Waals surface area contributed by atoms with Gasteiger partial charge < -0.3 is 10.1 Å². The zero-order valence-electron chi connectivity index (χ0n) is 13.2. The first-order valence-corrected chi connectivity index (χ1v) is 8.05. The second-order valence-electron chi connectivity index (χ2n) is 5.92. The lowest BCUT2D eigenvalue weighted by Gasteiger charge is -2.09. The van der Waals surface area contributed by atoms with Crippen molar-refractivity contribution in [2.75, 3.05) is 19.8 Å². The standard InChI is InChI=1S/C16H27N3O2/c1-3-4-5-6-14-9-15(19(2)18-14)10-16(20)17-11-13-7-8-21-12-13/h9,13H,3-8,10-12H2,1-2H3,(H,17,20). The smallest absolute Gasteiger partial charge is 0.226 e. The predicted octanol–water partition coefficient (Wildman–Crippen LogP) is 1.85. The summed E-state index contributed by atoms with van der Waals surface area (Å²) in [6.45, 7) is 4.51. The molecular formula is C16H27N3O2. The molecule has 0 saturated carbocycles. The Bertz CT molecular complexity index is 450. The third-order valence-corrected chi connectivity index (χ3v) is 4.02. The number of carbonyl (C=O) groups is 1. The van der Waals surface area contributed by atoms with Crippen molar-refractivity contribution in [1.29, 1.82) is 0 Å². The lowest BCUT2D eigenvalue weighted by Crippen LogP contribution is -2.31. The monoisotopic (exact) mass is 293 g/mol. The summed E-state index contributed by atoms with van der Waals surface area (Å²) in [7, 11) is 1.91. The Labute approximate surface area is 127 Å². The molecule has 0 spiro atoms. The van der Waals surface area contributed by atoms with E-state index in [0.29, 0.717) is 12.3 Å². The molecule has 1 N–H and O–H groups in total. The van der Waals surface area contributed by atoms with Gasteiger partial charge in [-0.3, -0.25) is 9.48 Å². The molecular weight excluding hydrogens is 266 g/mol. The Hall–Kier alpha value is -1.36. The molecule has 0 bridgehead atoms. The van der Waals surface area contributed by atoms with Crippen LogP contribution in [0.2, 0.25) is 0 Å². The van der Waals surface area contributed by atoms with E-state index in [-0.39, 0.29) is 5.91 Å². The Morgan fingerprint density at radius 1 is 1.52 bits per heavy atom. The van der Waals surface area contributed by atoms with E-state index in [9.17, 15) is 4.79 Å². The summed E-state index contributed by atoms with van der Waals surface area (Å²) in [4.78, 5) is 12.0. The van der Waals surface area contributed by atoms with Crippen molar-refractivity contribution >= 4 is 5.91 Å². The maximum Gasteiger partial charge on any atom is 0.226 e. The summed E-state index contributed by atoms with van der Waals surface area (Å²) in [6.07, 6.45) is 6.07. The summed E-state index contributed by atoms with van der Waals surface area (Å²) in [5.74, 6) is 0.551. The van der Waals surface area contributed by atoms with Crippen LogP contribution < -0.4 is 5.32 Å². The largest absolute Gasteiger partial charge is 0.381 e. The number of hydrogen-bond acceptors (Lipinski definition) is 3. The molecule has 1 fully saturated rings. The molecule has 0 aromatic carbocycles. The lowest BCUT2D eigenvalue weighted by atomic mass is 10.1. The summed E-state index contributed by atoms with van der Waals surface area (Å²) in [5.41, 5.74) is 2.08. The van der Waals surface area contributed by atoms with E-state index >= 15 is 0 Å². The highest BCUT2D eigenvalue weighted by Crippen LogP contribution is 2.11. The van der Waals surface area contributed by atoms with Crippen molar-refractivity contribution in [3.05, 3.63) is 17.5 Å². The maximum absolute atomic E-state index is 12.0. The van der Waals surface area contributed by atoms with Gasteiger partial charge in [-0.1, -0.05) is 19.8 Å². The van der Waals surface area contributed by atoms with Crippen LogP contribution in [0.15, 0.2) is 6.07 Å². The number of rotatable bonds is 8. The van der Waals surface area contributed by atoms with E-state index in [0.717, 1.165) is 44.0 Å². The van der Waals surface area contributed by atoms with Gasteiger partial charge in [0, 0.05) is 31.8 Å². The average Bonchev–Trinajstić information content (AvgIpc) is 3.08. The number of aromatic nitrogens is 2. The Balaban J connectivity index is 1.76. The van der Waals surface area contributed by atoms with Gasteiger partial charge in [0.1, 0.15) is 0 Å². The average molecular weight is 293 g/mol. The van der Waals surface area contributed by atoms with Crippen LogP contribution in [-0.2, 0) is 29.4 Å². The molecule has 118 valence electrons. The molecule has 21 heavy (non-hydrogen) atoms. The van der Waals surface area contributed by atoms with Gasteiger partial charge in [-0.05, 0) is 25.3 Å². The van der Waals surface area contributed by atoms with Gasteiger partial charge in [-0.15, -0.1) is 0 Å². The van der Waals surface area contributed by atoms with E-state index in [1.165, 1.54) is 19.3 Å². The predicted molar refractivity (Wildman–Crippen MR) is 82.1 cm³/mol. The second-order valence-corrected chi connectivity index (χ2v) is 5.92. The molecule has 5 heteroatoms. The SMILES string of the molecule is CCCCCc1cc(CC(=O)NCC2CCOC2)n(C)n1. The first kappa shape index (κ1) is 16.0. The van der Waals surface area contributed by atoms with Gasteiger partial charge in [-0.2, -0.15) is 5.10 Å². The van der Waals surface area contributed by atoms with Crippen LogP contribution in [0.1, 0.15) is 44.0 Å². The minimum absolute atomic E-state index is 0.0741. The number of carbonyl (C=O) groups excluding carboxylic acids is 1. The van der Waals surface area contributed by atoms with E-state index in [4.69, 9.17) is 4.74 Å². The number of nitrogens with one attached hydrogen (secondary N) is 1. The van der Waals surface area contributed by atoms with E-state index < -0.39 is 0 Å². The fourth-order valence-corrected chi connectivity index (χ4v) is 2.64. The third-order valence-electron chi connectivity index (χ3n) is 4.02. The quantitative estimate of drug-likeness (QED) is 0.744. The first-order valence-electron chi connectivity index (χ1n) is 8.05. The molecule has 1 saturated heterocycles. The molecule has 1 atom stereocenters. The van der Waals surface area contributed by atoms with Gasteiger partial charge in [0.05, 0.1) is 18.7 Å². The van der Waals surface area contributed by atoms with Crippen LogP contribution in [0.25, 0.3) is 0 Å². The summed E-state index contributed by atoms with van der Waals surface area (Å²) in [5, 5.41) is 7.49. The highest BCUT2D eigenvalue weighted by Gasteiger charge is 2.17. The molecule has 1 aromatic heterocycles. The lowest BCUT2D eigenvalue weighted by molar-refractivity contribution is -0.120. The number of nitrogens with zero attached hydrogens (tertiary/aromatic N) is 2. The Kier molecular flexibility index (Phi) is 6.23. The van der Waals surface area contributed by atoms with Crippen LogP contribution in [0.3, 0.4) is 0 Å². The van der Waals surface area contributed by atoms with Gasteiger partial charge in [0.25, 0.3) is 0 Å². The summed E-state index contributed by atoms with van der Waals surface area (Å²) >= 11 is 0. The van der Waals surface area contributed by atoms with Crippen LogP contribution in [-0.4, -0.2) is 35.4 Å². The number of ether oxygens (including phenoxy) is 1. The fraction of sp³-hybridized carbons (Fsp3) is 0.750. The maximum atomic E-state index is 12.0. The van der Waals surface area contributed by atoms with Crippen molar-refractivity contribution in [3.63, 3.8) is 0 Å². The zero-order valence-corrected chi connectivity index (χ0v) is 13.2. The molecule has 1 unspecified atom stereocenters. The zero-order chi connectivity index (χ0) is 15.1. The molecule has 0 aliphatic carbocycles. The topological polar surface area (TPSA) is 56.1 Å². The summed E-state index contributed by atoms with van der Waals surface area (Å²) in [6, 6.07) is 2.06. The summed E-state index contributed by atoms with van der Waals surface area (Å²) < 4.78 is 7.14. The van der Waals surface area contributed by atoms with E-state index in [1.54, 1.807) is 0 Å². The number of aryl methyl sites for hydroxylation is 2. The van der Waals surface area contributed by atoms with Gasteiger partial charge in [0.15, 0.2) is 0 Å². The minimum atomic E-state index is 0.0741. The van der Waals surface area contributed by atoms with E-state index in [2.05, 4.69) is 23.4 Å². The van der Waals surface area contributed by atoms with Crippen molar-refractivity contribution in [1.82, 2.24) is 15.1 Å². The first-order chi connectivity index (χ1) is 10.2. The van der Waals surface area contributed by atoms with Crippen LogP contribution in [0, 0.1) is 5.92 Å².